The number of rotatable bonds is 6. The van der Waals surface area contributed by atoms with Gasteiger partial charge in [0.2, 0.25) is 11.8 Å². The number of piperidine rings is 1. The molecule has 228 valence electrons. The van der Waals surface area contributed by atoms with E-state index in [9.17, 15) is 31.9 Å². The van der Waals surface area contributed by atoms with Gasteiger partial charge in [0.1, 0.15) is 17.4 Å². The molecule has 0 aliphatic carbocycles. The van der Waals surface area contributed by atoms with E-state index in [0.717, 1.165) is 11.3 Å². The molecule has 1 spiro atoms. The minimum atomic E-state index is -4.77. The summed E-state index contributed by atoms with van der Waals surface area (Å²) < 4.78 is 53.8. The number of anilines is 1. The Kier molecular flexibility index (Phi) is 7.88. The van der Waals surface area contributed by atoms with Crippen molar-refractivity contribution in [1.82, 2.24) is 30.3 Å². The van der Waals surface area contributed by atoms with Gasteiger partial charge >= 0.3 is 6.18 Å². The highest BCUT2D eigenvalue weighted by Crippen LogP contribution is 2.39. The van der Waals surface area contributed by atoms with Gasteiger partial charge in [-0.25, -0.2) is 4.39 Å². The van der Waals surface area contributed by atoms with Gasteiger partial charge in [-0.2, -0.15) is 13.2 Å². The summed E-state index contributed by atoms with van der Waals surface area (Å²) >= 11 is 0. The number of likely N-dealkylation sites (tertiary alicyclic amines) is 1. The molecule has 1 N–H and O–H groups in total. The number of carbonyl (C=O) groups excluding carboxylic acids is 3. The van der Waals surface area contributed by atoms with Crippen LogP contribution in [0.25, 0.3) is 11.4 Å². The number of hydrogen-bond acceptors (Lipinski definition) is 6. The second-order valence-corrected chi connectivity index (χ2v) is 11.1. The summed E-state index contributed by atoms with van der Waals surface area (Å²) in [6.07, 6.45) is -2.77. The first-order chi connectivity index (χ1) is 20.3. The quantitative estimate of drug-likeness (QED) is 0.432. The highest BCUT2D eigenvalue weighted by Gasteiger charge is 2.53. The van der Waals surface area contributed by atoms with Crippen LogP contribution < -0.4 is 15.2 Å². The Morgan fingerprint density at radius 2 is 1.74 bits per heavy atom. The number of halogens is 4. The van der Waals surface area contributed by atoms with Gasteiger partial charge in [-0.1, -0.05) is 26.0 Å². The first kappa shape index (κ1) is 30.0. The molecule has 0 saturated carbocycles. The molecule has 3 heterocycles. The second-order valence-electron chi connectivity index (χ2n) is 11.1. The standard InChI is InChI=1S/C29H31F4N7O3/c1-17(2)23(36-25(41)21-14-19(29(31,32)33)6-9-22(21)30)26(42)39-12-10-28(11-13-39)27(43)38(3)16-40(28)20-7-4-18(5-8-20)24-34-15-35-37-24/h4-9,14-15,17,23H,10-13,16H2,1-3H3,(H2,34,35,36,37,41)/p-1/t23-/m1/s1. The van der Waals surface area contributed by atoms with Crippen LogP contribution in [-0.4, -0.2) is 76.1 Å². The van der Waals surface area contributed by atoms with E-state index in [0.29, 0.717) is 43.5 Å². The van der Waals surface area contributed by atoms with Gasteiger partial charge in [0.15, 0.2) is 0 Å². The zero-order chi connectivity index (χ0) is 31.1. The van der Waals surface area contributed by atoms with Crippen molar-refractivity contribution in [3.05, 3.63) is 65.7 Å². The first-order valence-electron chi connectivity index (χ1n) is 13.7. The van der Waals surface area contributed by atoms with Crippen molar-refractivity contribution >= 4 is 23.4 Å². The van der Waals surface area contributed by atoms with Crippen molar-refractivity contribution in [1.29, 1.82) is 0 Å². The first-order valence-corrected chi connectivity index (χ1v) is 13.7. The summed E-state index contributed by atoms with van der Waals surface area (Å²) in [6.45, 7) is 4.12. The van der Waals surface area contributed by atoms with E-state index in [4.69, 9.17) is 0 Å². The molecule has 14 heteroatoms. The Morgan fingerprint density at radius 1 is 1.07 bits per heavy atom. The second kappa shape index (κ2) is 11.3. The van der Waals surface area contributed by atoms with Gasteiger partial charge in [-0.3, -0.25) is 14.4 Å². The molecule has 0 bridgehead atoms. The van der Waals surface area contributed by atoms with Crippen molar-refractivity contribution in [2.75, 3.05) is 31.7 Å². The van der Waals surface area contributed by atoms with E-state index in [1.54, 1.807) is 25.8 Å². The topological polar surface area (TPSA) is 113 Å². The van der Waals surface area contributed by atoms with Crippen molar-refractivity contribution in [2.24, 2.45) is 5.92 Å². The Labute approximate surface area is 245 Å². The van der Waals surface area contributed by atoms with Gasteiger partial charge in [-0.15, -0.1) is 0 Å². The fourth-order valence-corrected chi connectivity index (χ4v) is 5.71. The molecule has 0 radical (unpaired) electrons. The molecule has 2 saturated heterocycles. The SMILES string of the molecule is CC(C)[C@@H](NC(=O)c1cc(C(F)(F)F)ccc1F)C(=O)N1CCC2(CC1)C(=O)N(C)CN2c1ccc(-c2nnc[n-]2)cc1. The zero-order valence-corrected chi connectivity index (χ0v) is 23.7. The fraction of sp³-hybridized carbons (Fsp3) is 0.414. The Morgan fingerprint density at radius 3 is 2.33 bits per heavy atom. The third kappa shape index (κ3) is 5.65. The molecular weight excluding hydrogens is 570 g/mol. The smallest absolute Gasteiger partial charge is 0.365 e. The lowest BCUT2D eigenvalue weighted by Gasteiger charge is -2.44. The van der Waals surface area contributed by atoms with Crippen LogP contribution in [0.1, 0.15) is 42.6 Å². The van der Waals surface area contributed by atoms with Crippen molar-refractivity contribution in [3.63, 3.8) is 0 Å². The summed E-state index contributed by atoms with van der Waals surface area (Å²) in [4.78, 5) is 49.2. The highest BCUT2D eigenvalue weighted by atomic mass is 19.4. The number of likely N-dealkylation sites (N-methyl/N-ethyl adjacent to an activating group) is 1. The van der Waals surface area contributed by atoms with Gasteiger partial charge in [0.25, 0.3) is 5.91 Å². The molecule has 3 aromatic rings. The maximum absolute atomic E-state index is 14.4. The van der Waals surface area contributed by atoms with E-state index in [1.165, 1.54) is 11.2 Å². The molecule has 2 fully saturated rings. The van der Waals surface area contributed by atoms with Crippen LogP contribution in [0.5, 0.6) is 0 Å². The molecule has 1 aromatic heterocycles. The highest BCUT2D eigenvalue weighted by molar-refractivity contribution is 5.98. The van der Waals surface area contributed by atoms with E-state index in [1.807, 2.05) is 29.2 Å². The maximum Gasteiger partial charge on any atom is 0.416 e. The number of carbonyl (C=O) groups is 3. The van der Waals surface area contributed by atoms with Gasteiger partial charge in [0, 0.05) is 31.6 Å². The molecule has 0 unspecified atom stereocenters. The fourth-order valence-electron chi connectivity index (χ4n) is 5.71. The number of alkyl halides is 3. The van der Waals surface area contributed by atoms with Crippen molar-refractivity contribution < 1.29 is 31.9 Å². The monoisotopic (exact) mass is 600 g/mol. The predicted molar refractivity (Wildman–Crippen MR) is 147 cm³/mol. The van der Waals surface area contributed by atoms with E-state index < -0.39 is 52.4 Å². The largest absolute Gasteiger partial charge is 0.416 e. The molecule has 3 amide bonds. The lowest BCUT2D eigenvalue weighted by molar-refractivity contribution is -0.139. The van der Waals surface area contributed by atoms with E-state index in [-0.39, 0.29) is 19.0 Å². The number of hydrogen-bond donors (Lipinski definition) is 1. The molecule has 2 aromatic carbocycles. The lowest BCUT2D eigenvalue weighted by atomic mass is 9.85. The molecule has 2 aliphatic heterocycles. The Balaban J connectivity index is 1.31. The number of nitrogens with one attached hydrogen (secondary N) is 1. The van der Waals surface area contributed by atoms with Crippen LogP contribution in [0.3, 0.4) is 0 Å². The van der Waals surface area contributed by atoms with Crippen LogP contribution in [0, 0.1) is 11.7 Å². The predicted octanol–water partition coefficient (Wildman–Crippen LogP) is 3.31. The van der Waals surface area contributed by atoms with Gasteiger partial charge < -0.3 is 35.2 Å². The van der Waals surface area contributed by atoms with Crippen LogP contribution in [-0.2, 0) is 15.8 Å². The number of amides is 3. The molecule has 2 aliphatic rings. The number of nitrogens with zero attached hydrogens (tertiary/aromatic N) is 6. The molecule has 1 atom stereocenters. The van der Waals surface area contributed by atoms with Crippen LogP contribution in [0.2, 0.25) is 0 Å². The average molecular weight is 601 g/mol. The summed E-state index contributed by atoms with van der Waals surface area (Å²) in [7, 11) is 1.72. The summed E-state index contributed by atoms with van der Waals surface area (Å²) in [5.41, 5.74) is -1.26. The van der Waals surface area contributed by atoms with E-state index in [2.05, 4.69) is 20.5 Å². The lowest BCUT2D eigenvalue weighted by Crippen LogP contribution is -2.60. The third-order valence-electron chi connectivity index (χ3n) is 8.10. The van der Waals surface area contributed by atoms with Crippen molar-refractivity contribution in [2.45, 2.75) is 44.4 Å². The minimum absolute atomic E-state index is 0.0685. The van der Waals surface area contributed by atoms with E-state index >= 15 is 0 Å². The Bertz CT molecular complexity index is 1500. The van der Waals surface area contributed by atoms with Gasteiger partial charge in [0.05, 0.1) is 17.8 Å². The van der Waals surface area contributed by atoms with Crippen LogP contribution in [0.15, 0.2) is 48.8 Å². The zero-order valence-electron chi connectivity index (χ0n) is 23.7. The Hall–Kier alpha value is -4.49. The summed E-state index contributed by atoms with van der Waals surface area (Å²) in [5, 5.41) is 10.1. The number of benzene rings is 2. The normalized spacial score (nSPS) is 17.6. The molecule has 43 heavy (non-hydrogen) atoms. The molecule has 5 rings (SSSR count). The van der Waals surface area contributed by atoms with Gasteiger partial charge in [-0.05, 0) is 61.0 Å². The average Bonchev–Trinajstić information content (AvgIpc) is 3.59. The molecule has 10 nitrogen and oxygen atoms in total. The molecular formula is C29H30F4N7O3-. The van der Waals surface area contributed by atoms with Crippen molar-refractivity contribution in [3.8, 4) is 11.4 Å². The summed E-state index contributed by atoms with van der Waals surface area (Å²) in [6, 6.07) is 7.92. The minimum Gasteiger partial charge on any atom is -0.365 e. The van der Waals surface area contributed by atoms with Crippen LogP contribution in [0.4, 0.5) is 23.2 Å². The summed E-state index contributed by atoms with van der Waals surface area (Å²) in [5.74, 6) is -2.72. The number of aromatic nitrogens is 3. The van der Waals surface area contributed by atoms with Crippen LogP contribution >= 0.6 is 0 Å². The third-order valence-corrected chi connectivity index (χ3v) is 8.10. The maximum atomic E-state index is 14.4.